The highest BCUT2D eigenvalue weighted by molar-refractivity contribution is 5.98. The van der Waals surface area contributed by atoms with Crippen molar-refractivity contribution in [1.82, 2.24) is 30.1 Å². The van der Waals surface area contributed by atoms with Gasteiger partial charge in [-0.2, -0.15) is 5.10 Å². The number of rotatable bonds is 6. The van der Waals surface area contributed by atoms with Crippen LogP contribution in [0.25, 0.3) is 55.8 Å². The molecule has 0 spiro atoms. The number of nitrogens with zero attached hydrogens (tertiary/aromatic N) is 4. The van der Waals surface area contributed by atoms with Crippen molar-refractivity contribution in [2.24, 2.45) is 0 Å². The fourth-order valence-corrected chi connectivity index (χ4v) is 5.04. The van der Waals surface area contributed by atoms with Crippen LogP contribution < -0.4 is 5.32 Å². The lowest BCUT2D eigenvalue weighted by molar-refractivity contribution is -0.115. The second kappa shape index (κ2) is 10.3. The molecular weight excluding hydrogens is 536 g/mol. The van der Waals surface area contributed by atoms with E-state index in [0.29, 0.717) is 39.1 Å². The number of hydrogen-bond donors (Lipinski definition) is 3. The summed E-state index contributed by atoms with van der Waals surface area (Å²) in [6, 6.07) is 22.5. The number of amides is 1. The van der Waals surface area contributed by atoms with Crippen molar-refractivity contribution in [3.8, 4) is 33.8 Å². The van der Waals surface area contributed by atoms with Gasteiger partial charge in [-0.15, -0.1) is 0 Å². The molecule has 0 aliphatic rings. The van der Waals surface area contributed by atoms with Crippen LogP contribution in [-0.2, 0) is 11.2 Å². The summed E-state index contributed by atoms with van der Waals surface area (Å²) in [4.78, 5) is 28.8. The van der Waals surface area contributed by atoms with Crippen LogP contribution in [0.4, 0.5) is 14.5 Å². The Balaban J connectivity index is 1.25. The minimum atomic E-state index is -0.534. The van der Waals surface area contributed by atoms with Crippen molar-refractivity contribution in [2.75, 3.05) is 5.32 Å². The predicted octanol–water partition coefficient (Wildman–Crippen LogP) is 6.69. The maximum atomic E-state index is 16.2. The number of imidazole rings is 1. The highest BCUT2D eigenvalue weighted by Crippen LogP contribution is 2.35. The van der Waals surface area contributed by atoms with Crippen molar-refractivity contribution in [2.45, 2.75) is 6.42 Å². The molecular formula is C32H21F2N7O. The molecule has 0 aliphatic heterocycles. The lowest BCUT2D eigenvalue weighted by Gasteiger charge is -2.09. The van der Waals surface area contributed by atoms with E-state index in [1.54, 1.807) is 48.7 Å². The van der Waals surface area contributed by atoms with Gasteiger partial charge in [0, 0.05) is 34.6 Å². The van der Waals surface area contributed by atoms with Crippen molar-refractivity contribution in [3.63, 3.8) is 0 Å². The molecule has 0 saturated heterocycles. The number of carbonyl (C=O) groups is 1. The molecule has 3 aromatic carbocycles. The van der Waals surface area contributed by atoms with Gasteiger partial charge in [-0.25, -0.2) is 18.7 Å². The summed E-state index contributed by atoms with van der Waals surface area (Å²) in [5, 5.41) is 10.3. The summed E-state index contributed by atoms with van der Waals surface area (Å²) in [6.45, 7) is 0. The lowest BCUT2D eigenvalue weighted by atomic mass is 10.0. The smallest absolute Gasteiger partial charge is 0.228 e. The first-order chi connectivity index (χ1) is 20.5. The molecule has 0 atom stereocenters. The van der Waals surface area contributed by atoms with E-state index in [1.807, 2.05) is 30.3 Å². The molecule has 0 bridgehead atoms. The summed E-state index contributed by atoms with van der Waals surface area (Å²) in [5.74, 6) is -0.840. The molecule has 0 radical (unpaired) electrons. The Hall–Kier alpha value is -5.77. The van der Waals surface area contributed by atoms with Crippen LogP contribution in [0.2, 0.25) is 0 Å². The van der Waals surface area contributed by atoms with Gasteiger partial charge in [0.25, 0.3) is 0 Å². The third kappa shape index (κ3) is 4.54. The third-order valence-corrected chi connectivity index (χ3v) is 6.99. The number of aromatic amines is 2. The van der Waals surface area contributed by atoms with Crippen LogP contribution in [0.15, 0.2) is 97.5 Å². The van der Waals surface area contributed by atoms with Crippen molar-refractivity contribution in [1.29, 1.82) is 0 Å². The first-order valence-electron chi connectivity index (χ1n) is 13.1. The van der Waals surface area contributed by atoms with Crippen molar-refractivity contribution >= 4 is 33.7 Å². The summed E-state index contributed by atoms with van der Waals surface area (Å²) < 4.78 is 30.8. The Morgan fingerprint density at radius 2 is 1.71 bits per heavy atom. The van der Waals surface area contributed by atoms with Gasteiger partial charge < -0.3 is 10.3 Å². The van der Waals surface area contributed by atoms with E-state index in [-0.39, 0.29) is 40.6 Å². The molecule has 8 nitrogen and oxygen atoms in total. The average molecular weight is 558 g/mol. The van der Waals surface area contributed by atoms with Gasteiger partial charge in [-0.3, -0.25) is 14.9 Å². The maximum absolute atomic E-state index is 16.2. The molecule has 0 aliphatic carbocycles. The first kappa shape index (κ1) is 25.2. The van der Waals surface area contributed by atoms with Crippen LogP contribution in [0.3, 0.4) is 0 Å². The highest BCUT2D eigenvalue weighted by Gasteiger charge is 2.21. The maximum Gasteiger partial charge on any atom is 0.228 e. The Morgan fingerprint density at radius 1 is 0.881 bits per heavy atom. The van der Waals surface area contributed by atoms with Crippen molar-refractivity contribution < 1.29 is 13.6 Å². The number of fused-ring (bicyclic) bond motifs is 2. The monoisotopic (exact) mass is 557 g/mol. The summed E-state index contributed by atoms with van der Waals surface area (Å²) in [5.41, 5.74) is 4.63. The number of nitrogens with one attached hydrogen (secondary N) is 3. The molecule has 10 heteroatoms. The molecule has 0 unspecified atom stereocenters. The number of anilines is 1. The number of H-pyrrole nitrogens is 2. The Bertz CT molecular complexity index is 2100. The molecule has 204 valence electrons. The van der Waals surface area contributed by atoms with Gasteiger partial charge >= 0.3 is 0 Å². The van der Waals surface area contributed by atoms with E-state index in [9.17, 15) is 9.18 Å². The SMILES string of the molecule is O=C(Cc1ccccc1)Nc1cncc(-c2ccc3[nH]nc(-c4nc5nccc(-c6ccccc6F)c5[nH]4)c3c2F)c1. The Labute approximate surface area is 237 Å². The predicted molar refractivity (Wildman–Crippen MR) is 156 cm³/mol. The molecule has 1 amide bonds. The molecule has 7 rings (SSSR count). The van der Waals surface area contributed by atoms with E-state index < -0.39 is 5.82 Å². The van der Waals surface area contributed by atoms with Gasteiger partial charge in [0.1, 0.15) is 17.3 Å². The van der Waals surface area contributed by atoms with E-state index in [4.69, 9.17) is 0 Å². The summed E-state index contributed by atoms with van der Waals surface area (Å²) in [7, 11) is 0. The highest BCUT2D eigenvalue weighted by atomic mass is 19.1. The van der Waals surface area contributed by atoms with Crippen LogP contribution in [0.5, 0.6) is 0 Å². The summed E-state index contributed by atoms with van der Waals surface area (Å²) in [6.07, 6.45) is 4.80. The minimum absolute atomic E-state index is 0.203. The van der Waals surface area contributed by atoms with Crippen LogP contribution in [0, 0.1) is 11.6 Å². The van der Waals surface area contributed by atoms with Gasteiger partial charge in [-0.1, -0.05) is 48.5 Å². The minimum Gasteiger partial charge on any atom is -0.335 e. The van der Waals surface area contributed by atoms with Crippen molar-refractivity contribution in [3.05, 3.63) is 115 Å². The van der Waals surface area contributed by atoms with Gasteiger partial charge in [-0.05, 0) is 35.9 Å². The van der Waals surface area contributed by atoms with Gasteiger partial charge in [0.15, 0.2) is 11.5 Å². The van der Waals surface area contributed by atoms with E-state index >= 15 is 4.39 Å². The number of halogens is 2. The van der Waals surface area contributed by atoms with Crippen LogP contribution in [0.1, 0.15) is 5.56 Å². The molecule has 7 aromatic rings. The Morgan fingerprint density at radius 3 is 2.57 bits per heavy atom. The van der Waals surface area contributed by atoms with Gasteiger partial charge in [0.05, 0.1) is 34.7 Å². The third-order valence-electron chi connectivity index (χ3n) is 6.99. The van der Waals surface area contributed by atoms with E-state index in [0.717, 1.165) is 5.56 Å². The zero-order valence-electron chi connectivity index (χ0n) is 21.9. The van der Waals surface area contributed by atoms with Crippen LogP contribution in [-0.4, -0.2) is 36.0 Å². The fraction of sp³-hybridized carbons (Fsp3) is 0.0312. The van der Waals surface area contributed by atoms with E-state index in [1.165, 1.54) is 18.5 Å². The number of carbonyl (C=O) groups excluding carboxylic acids is 1. The fourth-order valence-electron chi connectivity index (χ4n) is 5.04. The number of aromatic nitrogens is 6. The molecule has 0 fully saturated rings. The Kier molecular flexibility index (Phi) is 6.20. The largest absolute Gasteiger partial charge is 0.335 e. The zero-order chi connectivity index (χ0) is 28.6. The average Bonchev–Trinajstić information content (AvgIpc) is 3.63. The molecule has 3 N–H and O–H groups in total. The zero-order valence-corrected chi connectivity index (χ0v) is 21.9. The first-order valence-corrected chi connectivity index (χ1v) is 13.1. The topological polar surface area (TPSA) is 112 Å². The number of benzene rings is 3. The molecule has 4 aromatic heterocycles. The standard InChI is InChI=1S/C32H21F2N7O/c33-24-9-5-4-8-22(24)23-12-13-36-31-29(23)38-32(39-31)30-27-25(40-41-30)11-10-21(28(27)34)19-15-20(17-35-16-19)37-26(42)14-18-6-2-1-3-7-18/h1-13,15-17H,14H2,(H,37,42)(H,40,41)(H,36,38,39). The van der Waals surface area contributed by atoms with E-state index in [2.05, 4.69) is 35.5 Å². The number of hydrogen-bond acceptors (Lipinski definition) is 5. The second-order valence-corrected chi connectivity index (χ2v) is 9.72. The molecule has 42 heavy (non-hydrogen) atoms. The molecule has 4 heterocycles. The second-order valence-electron chi connectivity index (χ2n) is 9.72. The summed E-state index contributed by atoms with van der Waals surface area (Å²) >= 11 is 0. The van der Waals surface area contributed by atoms with Crippen LogP contribution >= 0.6 is 0 Å². The quantitative estimate of drug-likeness (QED) is 0.211. The lowest BCUT2D eigenvalue weighted by Crippen LogP contribution is -2.14. The molecule has 0 saturated carbocycles. The number of pyridine rings is 2. The van der Waals surface area contributed by atoms with Gasteiger partial charge in [0.2, 0.25) is 5.91 Å². The normalized spacial score (nSPS) is 11.3.